The number of benzene rings is 4. The van der Waals surface area contributed by atoms with Crippen molar-refractivity contribution in [2.45, 2.75) is 30.8 Å². The summed E-state index contributed by atoms with van der Waals surface area (Å²) in [7, 11) is 1.10. The van der Waals surface area contributed by atoms with Gasteiger partial charge in [0.25, 0.3) is 10.0 Å². The number of anilines is 1. The number of methoxy groups -OCH3 is 4. The van der Waals surface area contributed by atoms with Crippen molar-refractivity contribution in [3.05, 3.63) is 106 Å². The molecule has 4 rings (SSSR count). The van der Waals surface area contributed by atoms with Gasteiger partial charge in [-0.1, -0.05) is 59.6 Å². The largest absolute Gasteiger partial charge is 0.497 e. The first-order chi connectivity index (χ1) is 24.0. The first kappa shape index (κ1) is 38.2. The molecule has 4 aromatic carbocycles. The van der Waals surface area contributed by atoms with Gasteiger partial charge in [-0.3, -0.25) is 13.9 Å². The number of carbonyl (C=O) groups is 2. The Morgan fingerprint density at radius 1 is 0.800 bits per heavy atom. The van der Waals surface area contributed by atoms with Gasteiger partial charge in [0.05, 0.1) is 39.0 Å². The van der Waals surface area contributed by atoms with Crippen LogP contribution in [-0.2, 0) is 32.6 Å². The minimum absolute atomic E-state index is 0.0251. The van der Waals surface area contributed by atoms with Crippen LogP contribution < -0.4 is 28.6 Å². The highest BCUT2D eigenvalue weighted by molar-refractivity contribution is 7.92. The van der Waals surface area contributed by atoms with Crippen LogP contribution in [0.2, 0.25) is 10.0 Å². The first-order valence-electron chi connectivity index (χ1n) is 15.5. The molecule has 14 heteroatoms. The van der Waals surface area contributed by atoms with Crippen molar-refractivity contribution >= 4 is 50.7 Å². The van der Waals surface area contributed by atoms with Crippen molar-refractivity contribution in [1.82, 2.24) is 10.2 Å². The van der Waals surface area contributed by atoms with Crippen LogP contribution in [0.25, 0.3) is 0 Å². The van der Waals surface area contributed by atoms with Crippen LogP contribution in [0.15, 0.2) is 89.8 Å². The van der Waals surface area contributed by atoms with Crippen molar-refractivity contribution in [2.24, 2.45) is 0 Å². The summed E-state index contributed by atoms with van der Waals surface area (Å²) in [6.45, 7) is 1.19. The molecule has 2 amide bonds. The quantitative estimate of drug-likeness (QED) is 0.148. The molecule has 4 aromatic rings. The number of halogens is 2. The van der Waals surface area contributed by atoms with Crippen LogP contribution in [0.5, 0.6) is 23.0 Å². The fourth-order valence-corrected chi connectivity index (χ4v) is 7.19. The number of ether oxygens (including phenoxy) is 4. The molecule has 0 saturated carbocycles. The molecule has 1 N–H and O–H groups in total. The Hall–Kier alpha value is -4.65. The number of sulfonamides is 1. The van der Waals surface area contributed by atoms with Gasteiger partial charge in [0.15, 0.2) is 11.5 Å². The molecule has 0 radical (unpaired) electrons. The van der Waals surface area contributed by atoms with E-state index in [0.717, 1.165) is 9.87 Å². The van der Waals surface area contributed by atoms with Crippen LogP contribution in [0.3, 0.4) is 0 Å². The number of rotatable bonds is 16. The van der Waals surface area contributed by atoms with Gasteiger partial charge in [-0.2, -0.15) is 0 Å². The molecule has 0 saturated heterocycles. The first-order valence-corrected chi connectivity index (χ1v) is 17.7. The molecule has 0 aromatic heterocycles. The minimum Gasteiger partial charge on any atom is -0.497 e. The lowest BCUT2D eigenvalue weighted by atomic mass is 10.0. The second kappa shape index (κ2) is 17.3. The summed E-state index contributed by atoms with van der Waals surface area (Å²) in [6, 6.07) is 21.7. The van der Waals surface area contributed by atoms with Crippen molar-refractivity contribution in [3.63, 3.8) is 0 Å². The third-order valence-electron chi connectivity index (χ3n) is 7.85. The number of nitrogens with zero attached hydrogens (tertiary/aromatic N) is 2. The predicted molar refractivity (Wildman–Crippen MR) is 193 cm³/mol. The topological polar surface area (TPSA) is 124 Å². The summed E-state index contributed by atoms with van der Waals surface area (Å²) in [5, 5.41) is 3.49. The van der Waals surface area contributed by atoms with Crippen LogP contribution in [-0.4, -0.2) is 72.7 Å². The van der Waals surface area contributed by atoms with E-state index in [-0.39, 0.29) is 40.1 Å². The highest BCUT2D eigenvalue weighted by atomic mass is 35.5. The van der Waals surface area contributed by atoms with Crippen LogP contribution in [0, 0.1) is 0 Å². The third kappa shape index (κ3) is 8.92. The normalized spacial score (nSPS) is 11.7. The van der Waals surface area contributed by atoms with Gasteiger partial charge in [0.1, 0.15) is 24.1 Å². The Morgan fingerprint density at radius 3 is 2.10 bits per heavy atom. The number of nitrogens with one attached hydrogen (secondary N) is 1. The molecule has 0 aliphatic rings. The molecule has 50 heavy (non-hydrogen) atoms. The Bertz CT molecular complexity index is 1910. The summed E-state index contributed by atoms with van der Waals surface area (Å²) in [5.41, 5.74) is 1.31. The standard InChI is InChI=1S/C36H39Cl2N3O8S/c1-6-39-36(43)31(18-24-10-8-7-9-11-24)40(22-25-12-13-26(37)19-29(25)38)35(42)23-41(30-20-27(46-2)14-16-32(30)47-3)50(44,45)28-15-17-33(48-4)34(21-28)49-5/h7-17,19-21,31H,6,18,22-23H2,1-5H3,(H,39,43). The van der Waals surface area contributed by atoms with E-state index in [0.29, 0.717) is 28.6 Å². The summed E-state index contributed by atoms with van der Waals surface area (Å²) < 4.78 is 51.9. The molecular weight excluding hydrogens is 705 g/mol. The second-order valence-corrected chi connectivity index (χ2v) is 13.6. The van der Waals surface area contributed by atoms with Crippen molar-refractivity contribution < 1.29 is 37.0 Å². The molecule has 1 unspecified atom stereocenters. The molecular formula is C36H39Cl2N3O8S. The van der Waals surface area contributed by atoms with Crippen LogP contribution >= 0.6 is 23.2 Å². The lowest BCUT2D eigenvalue weighted by Gasteiger charge is -2.34. The highest BCUT2D eigenvalue weighted by Gasteiger charge is 2.36. The molecule has 0 bridgehead atoms. The number of hydrogen-bond donors (Lipinski definition) is 1. The summed E-state index contributed by atoms with van der Waals surface area (Å²) in [4.78, 5) is 29.7. The van der Waals surface area contributed by atoms with E-state index in [1.807, 2.05) is 30.3 Å². The van der Waals surface area contributed by atoms with Crippen LogP contribution in [0.4, 0.5) is 5.69 Å². The van der Waals surface area contributed by atoms with Crippen molar-refractivity contribution in [2.75, 3.05) is 45.8 Å². The zero-order chi connectivity index (χ0) is 36.4. The van der Waals surface area contributed by atoms with E-state index in [9.17, 15) is 18.0 Å². The van der Waals surface area contributed by atoms with Gasteiger partial charge < -0.3 is 29.2 Å². The molecule has 0 aliphatic carbocycles. The maximum absolute atomic E-state index is 14.8. The Kier molecular flexibility index (Phi) is 13.2. The summed E-state index contributed by atoms with van der Waals surface area (Å²) >= 11 is 12.8. The number of hydrogen-bond acceptors (Lipinski definition) is 8. The molecule has 266 valence electrons. The number of carbonyl (C=O) groups excluding carboxylic acids is 2. The van der Waals surface area contributed by atoms with E-state index in [4.69, 9.17) is 42.1 Å². The smallest absolute Gasteiger partial charge is 0.265 e. The molecule has 0 spiro atoms. The monoisotopic (exact) mass is 743 g/mol. The molecule has 0 aliphatic heterocycles. The lowest BCUT2D eigenvalue weighted by molar-refractivity contribution is -0.140. The van der Waals surface area contributed by atoms with Gasteiger partial charge >= 0.3 is 0 Å². The second-order valence-electron chi connectivity index (χ2n) is 10.9. The summed E-state index contributed by atoms with van der Waals surface area (Å²) in [5.74, 6) is -0.185. The maximum atomic E-state index is 14.8. The van der Waals surface area contributed by atoms with Gasteiger partial charge in [-0.25, -0.2) is 8.42 Å². The van der Waals surface area contributed by atoms with Gasteiger partial charge in [-0.05, 0) is 54.4 Å². The van der Waals surface area contributed by atoms with Gasteiger partial charge in [0.2, 0.25) is 11.8 Å². The fourth-order valence-electron chi connectivity index (χ4n) is 5.29. The van der Waals surface area contributed by atoms with E-state index in [1.54, 1.807) is 25.1 Å². The molecule has 0 heterocycles. The average Bonchev–Trinajstić information content (AvgIpc) is 3.12. The number of amides is 2. The Morgan fingerprint density at radius 2 is 1.48 bits per heavy atom. The number of likely N-dealkylation sites (N-methyl/N-ethyl adjacent to an activating group) is 1. The van der Waals surface area contributed by atoms with Crippen LogP contribution in [0.1, 0.15) is 18.1 Å². The Balaban J connectivity index is 1.91. The van der Waals surface area contributed by atoms with E-state index in [2.05, 4.69) is 5.32 Å². The van der Waals surface area contributed by atoms with Crippen molar-refractivity contribution in [1.29, 1.82) is 0 Å². The Labute approximate surface area is 302 Å². The van der Waals surface area contributed by atoms with Crippen molar-refractivity contribution in [3.8, 4) is 23.0 Å². The third-order valence-corrected chi connectivity index (χ3v) is 10.2. The van der Waals surface area contributed by atoms with E-state index in [1.165, 1.54) is 69.7 Å². The maximum Gasteiger partial charge on any atom is 0.265 e. The average molecular weight is 745 g/mol. The zero-order valence-corrected chi connectivity index (χ0v) is 30.6. The van der Waals surface area contributed by atoms with Gasteiger partial charge in [0, 0.05) is 41.7 Å². The fraction of sp³-hybridized carbons (Fsp3) is 0.278. The SMILES string of the molecule is CCNC(=O)C(Cc1ccccc1)N(Cc1ccc(Cl)cc1Cl)C(=O)CN(c1cc(OC)ccc1OC)S(=O)(=O)c1ccc(OC)c(OC)c1. The van der Waals surface area contributed by atoms with E-state index >= 15 is 0 Å². The lowest BCUT2D eigenvalue weighted by Crippen LogP contribution is -2.53. The minimum atomic E-state index is -4.53. The highest BCUT2D eigenvalue weighted by Crippen LogP contribution is 2.38. The van der Waals surface area contributed by atoms with Gasteiger partial charge in [-0.15, -0.1) is 0 Å². The molecule has 11 nitrogen and oxygen atoms in total. The van der Waals surface area contributed by atoms with E-state index < -0.39 is 34.4 Å². The predicted octanol–water partition coefficient (Wildman–Crippen LogP) is 6.00. The molecule has 0 fully saturated rings. The zero-order valence-electron chi connectivity index (χ0n) is 28.3. The summed E-state index contributed by atoms with van der Waals surface area (Å²) in [6.07, 6.45) is 0.133. The molecule has 1 atom stereocenters.